The van der Waals surface area contributed by atoms with Gasteiger partial charge >= 0.3 is 6.61 Å². The summed E-state index contributed by atoms with van der Waals surface area (Å²) in [5.41, 5.74) is 0.614. The number of nitrogens with zero attached hydrogens (tertiary/aromatic N) is 2. The second-order valence-electron chi connectivity index (χ2n) is 6.72. The van der Waals surface area contributed by atoms with Gasteiger partial charge in [0.1, 0.15) is 11.5 Å². The van der Waals surface area contributed by atoms with E-state index in [0.717, 1.165) is 32.5 Å². The lowest BCUT2D eigenvalue weighted by molar-refractivity contribution is -0.0505. The Balaban J connectivity index is 1.93. The van der Waals surface area contributed by atoms with Crippen molar-refractivity contribution >= 4 is 5.96 Å². The van der Waals surface area contributed by atoms with E-state index in [0.29, 0.717) is 36.3 Å². The van der Waals surface area contributed by atoms with Crippen molar-refractivity contribution in [1.82, 2.24) is 15.5 Å². The zero-order valence-corrected chi connectivity index (χ0v) is 16.3. The molecule has 2 N–H and O–H groups in total. The molecular formula is C19H30F2N4O2. The summed E-state index contributed by atoms with van der Waals surface area (Å²) in [7, 11) is 3.81. The van der Waals surface area contributed by atoms with Gasteiger partial charge in [-0.1, -0.05) is 6.92 Å². The molecule has 1 aliphatic rings. The lowest BCUT2D eigenvalue weighted by atomic mass is 10.1. The highest BCUT2D eigenvalue weighted by Crippen LogP contribution is 2.26. The zero-order chi connectivity index (χ0) is 19.6. The molecule has 1 heterocycles. The minimum Gasteiger partial charge on any atom is -0.493 e. The molecule has 0 spiro atoms. The van der Waals surface area contributed by atoms with E-state index in [1.165, 1.54) is 6.07 Å². The third-order valence-electron chi connectivity index (χ3n) is 4.44. The predicted octanol–water partition coefficient (Wildman–Crippen LogP) is 2.69. The molecule has 27 heavy (non-hydrogen) atoms. The van der Waals surface area contributed by atoms with E-state index in [2.05, 4.69) is 32.3 Å². The molecule has 0 amide bonds. The van der Waals surface area contributed by atoms with Crippen LogP contribution in [-0.4, -0.2) is 57.8 Å². The molecule has 1 aliphatic heterocycles. The van der Waals surface area contributed by atoms with Crippen molar-refractivity contribution in [3.8, 4) is 11.5 Å². The minimum atomic E-state index is -2.89. The third kappa shape index (κ3) is 7.21. The fourth-order valence-corrected chi connectivity index (χ4v) is 3.03. The molecule has 1 aromatic carbocycles. The highest BCUT2D eigenvalue weighted by atomic mass is 19.3. The van der Waals surface area contributed by atoms with E-state index in [4.69, 9.17) is 4.74 Å². The monoisotopic (exact) mass is 384 g/mol. The maximum Gasteiger partial charge on any atom is 0.387 e. The van der Waals surface area contributed by atoms with Crippen LogP contribution in [0.5, 0.6) is 11.5 Å². The average molecular weight is 384 g/mol. The van der Waals surface area contributed by atoms with Gasteiger partial charge in [-0.15, -0.1) is 0 Å². The number of alkyl halides is 2. The van der Waals surface area contributed by atoms with Crippen molar-refractivity contribution in [3.05, 3.63) is 23.8 Å². The predicted molar refractivity (Wildman–Crippen MR) is 103 cm³/mol. The van der Waals surface area contributed by atoms with Gasteiger partial charge in [0.05, 0.1) is 6.61 Å². The summed E-state index contributed by atoms with van der Waals surface area (Å²) in [4.78, 5) is 6.50. The fraction of sp³-hybridized carbons (Fsp3) is 0.632. The van der Waals surface area contributed by atoms with Gasteiger partial charge in [0.15, 0.2) is 5.96 Å². The largest absolute Gasteiger partial charge is 0.493 e. The Labute approximate surface area is 159 Å². The van der Waals surface area contributed by atoms with Crippen molar-refractivity contribution in [2.24, 2.45) is 10.9 Å². The number of rotatable bonds is 9. The van der Waals surface area contributed by atoms with Crippen molar-refractivity contribution in [2.75, 3.05) is 40.3 Å². The Morgan fingerprint density at radius 2 is 2.19 bits per heavy atom. The molecule has 0 aromatic heterocycles. The first-order chi connectivity index (χ1) is 13.0. The topological polar surface area (TPSA) is 58.1 Å². The Morgan fingerprint density at radius 1 is 1.37 bits per heavy atom. The Hall–Kier alpha value is -2.09. The molecule has 8 heteroatoms. The van der Waals surface area contributed by atoms with Crippen LogP contribution in [0.3, 0.4) is 0 Å². The van der Waals surface area contributed by atoms with E-state index in [9.17, 15) is 8.78 Å². The van der Waals surface area contributed by atoms with E-state index in [-0.39, 0.29) is 5.75 Å². The van der Waals surface area contributed by atoms with Crippen LogP contribution in [0.4, 0.5) is 8.78 Å². The molecule has 1 fully saturated rings. The van der Waals surface area contributed by atoms with Gasteiger partial charge in [0.25, 0.3) is 0 Å². The highest BCUT2D eigenvalue weighted by Gasteiger charge is 2.19. The summed E-state index contributed by atoms with van der Waals surface area (Å²) in [6.07, 6.45) is 2.00. The number of benzene rings is 1. The van der Waals surface area contributed by atoms with Gasteiger partial charge < -0.3 is 25.0 Å². The van der Waals surface area contributed by atoms with Crippen LogP contribution in [-0.2, 0) is 6.54 Å². The second kappa shape index (κ2) is 10.9. The number of likely N-dealkylation sites (tertiary alicyclic amines) is 1. The van der Waals surface area contributed by atoms with E-state index in [1.54, 1.807) is 19.2 Å². The lowest BCUT2D eigenvalue weighted by Gasteiger charge is -2.17. The average Bonchev–Trinajstić information content (AvgIpc) is 3.06. The fourth-order valence-electron chi connectivity index (χ4n) is 3.03. The number of guanidine groups is 1. The van der Waals surface area contributed by atoms with Gasteiger partial charge in [-0.05, 0) is 44.5 Å². The third-order valence-corrected chi connectivity index (χ3v) is 4.44. The normalized spacial score (nSPS) is 18.0. The molecule has 1 unspecified atom stereocenters. The first kappa shape index (κ1) is 21.2. The first-order valence-corrected chi connectivity index (χ1v) is 9.35. The number of nitrogens with one attached hydrogen (secondary N) is 2. The molecule has 152 valence electrons. The van der Waals surface area contributed by atoms with Crippen LogP contribution in [0.25, 0.3) is 0 Å². The standard InChI is InChI=1S/C19H30F2N4O2/c1-4-9-26-16-6-5-15(17(10-16)27-18(20)21)12-24-19(22-2)23-11-14-7-8-25(3)13-14/h5-6,10,14,18H,4,7-9,11-13H2,1-3H3,(H2,22,23,24). The van der Waals surface area contributed by atoms with Crippen LogP contribution < -0.4 is 20.1 Å². The number of aliphatic imine (C=N–C) groups is 1. The van der Waals surface area contributed by atoms with Crippen molar-refractivity contribution in [2.45, 2.75) is 32.9 Å². The molecule has 0 bridgehead atoms. The van der Waals surface area contributed by atoms with Crippen molar-refractivity contribution in [1.29, 1.82) is 0 Å². The van der Waals surface area contributed by atoms with Gasteiger partial charge in [-0.2, -0.15) is 8.78 Å². The molecule has 1 aromatic rings. The number of halogens is 2. The molecule has 2 rings (SSSR count). The SMILES string of the molecule is CCCOc1ccc(CNC(=NC)NCC2CCN(C)C2)c(OC(F)F)c1. The van der Waals surface area contributed by atoms with Crippen LogP contribution in [0.1, 0.15) is 25.3 Å². The number of ether oxygens (including phenoxy) is 2. The minimum absolute atomic E-state index is 0.110. The van der Waals surface area contributed by atoms with Crippen LogP contribution >= 0.6 is 0 Å². The van der Waals surface area contributed by atoms with Crippen LogP contribution in [0, 0.1) is 5.92 Å². The maximum atomic E-state index is 12.8. The van der Waals surface area contributed by atoms with Crippen molar-refractivity contribution < 1.29 is 18.3 Å². The quantitative estimate of drug-likeness (QED) is 0.506. The Morgan fingerprint density at radius 3 is 2.81 bits per heavy atom. The van der Waals surface area contributed by atoms with Crippen LogP contribution in [0.2, 0.25) is 0 Å². The second-order valence-corrected chi connectivity index (χ2v) is 6.72. The Kier molecular flexibility index (Phi) is 8.57. The summed E-state index contributed by atoms with van der Waals surface area (Å²) in [6, 6.07) is 4.99. The number of hydrogen-bond acceptors (Lipinski definition) is 4. The van der Waals surface area contributed by atoms with E-state index < -0.39 is 6.61 Å². The van der Waals surface area contributed by atoms with E-state index in [1.807, 2.05) is 6.92 Å². The molecule has 1 saturated heterocycles. The molecule has 1 atom stereocenters. The molecule has 6 nitrogen and oxygen atoms in total. The van der Waals surface area contributed by atoms with Gasteiger partial charge in [-0.3, -0.25) is 4.99 Å². The van der Waals surface area contributed by atoms with Gasteiger partial charge in [0, 0.05) is 38.3 Å². The highest BCUT2D eigenvalue weighted by molar-refractivity contribution is 5.79. The first-order valence-electron chi connectivity index (χ1n) is 9.35. The Bertz CT molecular complexity index is 613. The summed E-state index contributed by atoms with van der Waals surface area (Å²) >= 11 is 0. The van der Waals surface area contributed by atoms with Gasteiger partial charge in [0.2, 0.25) is 0 Å². The smallest absolute Gasteiger partial charge is 0.387 e. The molecule has 0 radical (unpaired) electrons. The summed E-state index contributed by atoms with van der Waals surface area (Å²) in [5, 5.41) is 6.46. The molecule has 0 saturated carbocycles. The molecule has 0 aliphatic carbocycles. The molecular weight excluding hydrogens is 354 g/mol. The van der Waals surface area contributed by atoms with Crippen LogP contribution in [0.15, 0.2) is 23.2 Å². The lowest BCUT2D eigenvalue weighted by Crippen LogP contribution is -2.39. The summed E-state index contributed by atoms with van der Waals surface area (Å²) < 4.78 is 35.7. The van der Waals surface area contributed by atoms with Gasteiger partial charge in [-0.25, -0.2) is 0 Å². The number of hydrogen-bond donors (Lipinski definition) is 2. The zero-order valence-electron chi connectivity index (χ0n) is 16.3. The van der Waals surface area contributed by atoms with E-state index >= 15 is 0 Å². The summed E-state index contributed by atoms with van der Waals surface area (Å²) in [5.74, 6) is 1.85. The van der Waals surface area contributed by atoms with Crippen molar-refractivity contribution in [3.63, 3.8) is 0 Å². The summed E-state index contributed by atoms with van der Waals surface area (Å²) in [6.45, 7) is 2.95. The maximum absolute atomic E-state index is 12.8.